The summed E-state index contributed by atoms with van der Waals surface area (Å²) in [6, 6.07) is 14.2. The number of benzene rings is 2. The van der Waals surface area contributed by atoms with Gasteiger partial charge in [-0.2, -0.15) is 0 Å². The summed E-state index contributed by atoms with van der Waals surface area (Å²) in [6.45, 7) is 4.16. The summed E-state index contributed by atoms with van der Waals surface area (Å²) >= 11 is 0. The Morgan fingerprint density at radius 1 is 1.14 bits per heavy atom. The van der Waals surface area contributed by atoms with Gasteiger partial charge in [-0.15, -0.1) is 0 Å². The molecule has 4 heteroatoms. The largest absolute Gasteiger partial charge is 0.322 e. The van der Waals surface area contributed by atoms with Crippen molar-refractivity contribution in [2.24, 2.45) is 0 Å². The smallest absolute Gasteiger partial charge is 0.238 e. The van der Waals surface area contributed by atoms with Gasteiger partial charge in [0.1, 0.15) is 5.82 Å². The van der Waals surface area contributed by atoms with E-state index in [0.717, 1.165) is 5.56 Å². The van der Waals surface area contributed by atoms with Gasteiger partial charge in [-0.05, 0) is 37.1 Å². The quantitative estimate of drug-likeness (QED) is 0.884. The molecular weight excluding hydrogens is 267 g/mol. The Balaban J connectivity index is 1.90. The molecule has 21 heavy (non-hydrogen) atoms. The lowest BCUT2D eigenvalue weighted by Gasteiger charge is -2.16. The first-order valence-corrected chi connectivity index (χ1v) is 6.91. The maximum atomic E-state index is 13.4. The molecule has 1 atom stereocenters. The zero-order chi connectivity index (χ0) is 15.2. The first kappa shape index (κ1) is 15.2. The third-order valence-corrected chi connectivity index (χ3v) is 3.37. The van der Waals surface area contributed by atoms with Crippen LogP contribution in [0.2, 0.25) is 0 Å². The summed E-state index contributed by atoms with van der Waals surface area (Å²) in [5.41, 5.74) is 2.52. The van der Waals surface area contributed by atoms with Gasteiger partial charge < -0.3 is 10.6 Å². The molecule has 0 saturated carbocycles. The van der Waals surface area contributed by atoms with Crippen LogP contribution in [0, 0.1) is 12.7 Å². The summed E-state index contributed by atoms with van der Waals surface area (Å²) in [7, 11) is 0. The Bertz CT molecular complexity index is 628. The van der Waals surface area contributed by atoms with E-state index in [2.05, 4.69) is 10.6 Å². The molecule has 0 fully saturated rings. The summed E-state index contributed by atoms with van der Waals surface area (Å²) in [4.78, 5) is 11.8. The SMILES string of the molecule is Cc1ccccc1[C@H](C)NCC(=O)Nc1ccccc1F. The van der Waals surface area contributed by atoms with Crippen molar-refractivity contribution in [1.82, 2.24) is 5.32 Å². The first-order chi connectivity index (χ1) is 10.1. The lowest BCUT2D eigenvalue weighted by atomic mass is 10.0. The molecule has 0 bridgehead atoms. The van der Waals surface area contributed by atoms with Crippen LogP contribution >= 0.6 is 0 Å². The van der Waals surface area contributed by atoms with Crippen LogP contribution in [0.4, 0.5) is 10.1 Å². The summed E-state index contributed by atoms with van der Waals surface area (Å²) in [6.07, 6.45) is 0. The van der Waals surface area contributed by atoms with E-state index < -0.39 is 5.82 Å². The minimum absolute atomic E-state index is 0.0533. The number of amides is 1. The fraction of sp³-hybridized carbons (Fsp3) is 0.235. The van der Waals surface area contributed by atoms with Gasteiger partial charge in [0.05, 0.1) is 12.2 Å². The Labute approximate surface area is 124 Å². The minimum atomic E-state index is -0.433. The number of carbonyl (C=O) groups excluding carboxylic acids is 1. The van der Waals surface area contributed by atoms with Gasteiger partial charge in [0.15, 0.2) is 0 Å². The molecule has 110 valence electrons. The molecule has 0 saturated heterocycles. The average molecular weight is 286 g/mol. The van der Waals surface area contributed by atoms with Gasteiger partial charge in [-0.25, -0.2) is 4.39 Å². The molecule has 2 N–H and O–H groups in total. The second-order valence-corrected chi connectivity index (χ2v) is 4.99. The molecule has 0 spiro atoms. The van der Waals surface area contributed by atoms with Gasteiger partial charge in [-0.1, -0.05) is 36.4 Å². The van der Waals surface area contributed by atoms with E-state index in [0.29, 0.717) is 0 Å². The van der Waals surface area contributed by atoms with E-state index in [1.54, 1.807) is 12.1 Å². The van der Waals surface area contributed by atoms with Crippen molar-refractivity contribution in [3.63, 3.8) is 0 Å². The van der Waals surface area contributed by atoms with Crippen LogP contribution in [0.25, 0.3) is 0 Å². The minimum Gasteiger partial charge on any atom is -0.322 e. The molecule has 0 radical (unpaired) electrons. The number of hydrogen-bond acceptors (Lipinski definition) is 2. The molecule has 2 rings (SSSR count). The van der Waals surface area contributed by atoms with Crippen molar-refractivity contribution in [2.45, 2.75) is 19.9 Å². The number of nitrogens with one attached hydrogen (secondary N) is 2. The Kier molecular flexibility index (Phi) is 5.06. The van der Waals surface area contributed by atoms with E-state index in [9.17, 15) is 9.18 Å². The number of hydrogen-bond donors (Lipinski definition) is 2. The van der Waals surface area contributed by atoms with Crippen LogP contribution in [0.5, 0.6) is 0 Å². The maximum Gasteiger partial charge on any atom is 0.238 e. The number of aryl methyl sites for hydroxylation is 1. The van der Waals surface area contributed by atoms with E-state index >= 15 is 0 Å². The van der Waals surface area contributed by atoms with Crippen LogP contribution in [0.1, 0.15) is 24.1 Å². The maximum absolute atomic E-state index is 13.4. The Morgan fingerprint density at radius 3 is 2.52 bits per heavy atom. The molecule has 0 unspecified atom stereocenters. The second kappa shape index (κ2) is 6.99. The number of carbonyl (C=O) groups is 1. The zero-order valence-electron chi connectivity index (χ0n) is 12.2. The molecule has 0 aliphatic rings. The van der Waals surface area contributed by atoms with Crippen molar-refractivity contribution in [2.75, 3.05) is 11.9 Å². The second-order valence-electron chi connectivity index (χ2n) is 4.99. The molecule has 2 aromatic carbocycles. The third-order valence-electron chi connectivity index (χ3n) is 3.37. The predicted octanol–water partition coefficient (Wildman–Crippen LogP) is 3.42. The molecule has 0 aromatic heterocycles. The highest BCUT2D eigenvalue weighted by Crippen LogP contribution is 2.16. The van der Waals surface area contributed by atoms with Crippen molar-refractivity contribution in [3.8, 4) is 0 Å². The fourth-order valence-electron chi connectivity index (χ4n) is 2.19. The monoisotopic (exact) mass is 286 g/mol. The van der Waals surface area contributed by atoms with Crippen LogP contribution in [-0.2, 0) is 4.79 Å². The highest BCUT2D eigenvalue weighted by Gasteiger charge is 2.10. The molecule has 1 amide bonds. The third kappa shape index (κ3) is 4.13. The number of para-hydroxylation sites is 1. The van der Waals surface area contributed by atoms with Crippen LogP contribution in [0.15, 0.2) is 48.5 Å². The molecule has 0 aliphatic heterocycles. The van der Waals surface area contributed by atoms with Crippen molar-refractivity contribution in [3.05, 3.63) is 65.5 Å². The average Bonchev–Trinajstić information content (AvgIpc) is 2.48. The number of halogens is 1. The predicted molar refractivity (Wildman–Crippen MR) is 82.6 cm³/mol. The molecule has 2 aromatic rings. The van der Waals surface area contributed by atoms with Crippen molar-refractivity contribution < 1.29 is 9.18 Å². The number of rotatable bonds is 5. The molecular formula is C17H19FN2O. The van der Waals surface area contributed by atoms with Gasteiger partial charge >= 0.3 is 0 Å². The lowest BCUT2D eigenvalue weighted by Crippen LogP contribution is -2.30. The normalized spacial score (nSPS) is 12.0. The van der Waals surface area contributed by atoms with E-state index in [1.807, 2.05) is 38.1 Å². The fourth-order valence-corrected chi connectivity index (χ4v) is 2.19. The lowest BCUT2D eigenvalue weighted by molar-refractivity contribution is -0.115. The van der Waals surface area contributed by atoms with Crippen LogP contribution < -0.4 is 10.6 Å². The summed E-state index contributed by atoms with van der Waals surface area (Å²) in [5, 5.41) is 5.70. The Morgan fingerprint density at radius 2 is 1.81 bits per heavy atom. The van der Waals surface area contributed by atoms with E-state index in [1.165, 1.54) is 17.7 Å². The van der Waals surface area contributed by atoms with Crippen LogP contribution in [-0.4, -0.2) is 12.5 Å². The van der Waals surface area contributed by atoms with E-state index in [-0.39, 0.29) is 24.2 Å². The van der Waals surface area contributed by atoms with Gasteiger partial charge in [0, 0.05) is 6.04 Å². The van der Waals surface area contributed by atoms with Gasteiger partial charge in [-0.3, -0.25) is 4.79 Å². The van der Waals surface area contributed by atoms with E-state index in [4.69, 9.17) is 0 Å². The van der Waals surface area contributed by atoms with Crippen molar-refractivity contribution in [1.29, 1.82) is 0 Å². The molecule has 3 nitrogen and oxygen atoms in total. The van der Waals surface area contributed by atoms with Crippen LogP contribution in [0.3, 0.4) is 0 Å². The highest BCUT2D eigenvalue weighted by atomic mass is 19.1. The first-order valence-electron chi connectivity index (χ1n) is 6.91. The topological polar surface area (TPSA) is 41.1 Å². The number of anilines is 1. The van der Waals surface area contributed by atoms with Gasteiger partial charge in [0.25, 0.3) is 0 Å². The standard InChI is InChI=1S/C17H19FN2O/c1-12-7-3-4-8-14(12)13(2)19-11-17(21)20-16-10-6-5-9-15(16)18/h3-10,13,19H,11H2,1-2H3,(H,20,21)/t13-/m0/s1. The zero-order valence-corrected chi connectivity index (χ0v) is 12.2. The molecule has 0 heterocycles. The Hall–Kier alpha value is -2.20. The molecule has 0 aliphatic carbocycles. The highest BCUT2D eigenvalue weighted by molar-refractivity contribution is 5.92. The summed E-state index contributed by atoms with van der Waals surface area (Å²) < 4.78 is 13.4. The summed E-state index contributed by atoms with van der Waals surface area (Å²) in [5.74, 6) is -0.696. The van der Waals surface area contributed by atoms with Crippen molar-refractivity contribution >= 4 is 11.6 Å². The van der Waals surface area contributed by atoms with Gasteiger partial charge in [0.2, 0.25) is 5.91 Å².